The zero-order chi connectivity index (χ0) is 11.8. The van der Waals surface area contributed by atoms with Gasteiger partial charge in [-0.25, -0.2) is 0 Å². The van der Waals surface area contributed by atoms with Crippen molar-refractivity contribution in [2.75, 3.05) is 5.32 Å². The van der Waals surface area contributed by atoms with E-state index in [0.29, 0.717) is 5.57 Å². The molecule has 3 rings (SSSR count). The van der Waals surface area contributed by atoms with E-state index in [2.05, 4.69) is 10.3 Å². The van der Waals surface area contributed by atoms with Crippen molar-refractivity contribution >= 4 is 33.9 Å². The van der Waals surface area contributed by atoms with Gasteiger partial charge in [0.05, 0.1) is 12.2 Å². The summed E-state index contributed by atoms with van der Waals surface area (Å²) in [5.41, 5.74) is 2.40. The van der Waals surface area contributed by atoms with Crippen LogP contribution in [-0.2, 0) is 11.4 Å². The summed E-state index contributed by atoms with van der Waals surface area (Å²) in [5.74, 6) is -0.0923. The van der Waals surface area contributed by atoms with Crippen LogP contribution >= 0.6 is 11.3 Å². The number of carbonyl (C=O) groups excluding carboxylic acids is 1. The molecule has 3 heterocycles. The Hall–Kier alpha value is -1.85. The molecule has 0 unspecified atom stereocenters. The number of nitrogens with one attached hydrogen (secondary N) is 2. The highest BCUT2D eigenvalue weighted by molar-refractivity contribution is 7.17. The molecule has 3 N–H and O–H groups in total. The molecule has 86 valence electrons. The Kier molecular flexibility index (Phi) is 2.35. The number of aromatic nitrogens is 1. The van der Waals surface area contributed by atoms with Crippen LogP contribution in [0.5, 0.6) is 0 Å². The highest BCUT2D eigenvalue weighted by Gasteiger charge is 2.26. The van der Waals surface area contributed by atoms with Crippen molar-refractivity contribution in [1.82, 2.24) is 4.98 Å². The van der Waals surface area contributed by atoms with Crippen LogP contribution in [0.15, 0.2) is 24.4 Å². The number of aliphatic hydroxyl groups is 1. The number of fused-ring (bicyclic) bond motifs is 1. The molecule has 1 aliphatic rings. The van der Waals surface area contributed by atoms with E-state index in [1.54, 1.807) is 0 Å². The molecule has 0 atom stereocenters. The second-order valence-corrected chi connectivity index (χ2v) is 4.89. The van der Waals surface area contributed by atoms with Crippen LogP contribution in [0, 0.1) is 0 Å². The highest BCUT2D eigenvalue weighted by atomic mass is 32.1. The molecule has 2 aromatic rings. The quantitative estimate of drug-likeness (QED) is 0.710. The SMILES string of the molecule is O=C1Nc2sc(CO)cc2C1=Cc1ccc[nH]1. The van der Waals surface area contributed by atoms with Crippen LogP contribution in [0.2, 0.25) is 0 Å². The zero-order valence-electron chi connectivity index (χ0n) is 8.86. The molecule has 0 radical (unpaired) electrons. The molecule has 0 bridgehead atoms. The number of hydrogen-bond acceptors (Lipinski definition) is 3. The van der Waals surface area contributed by atoms with E-state index in [1.807, 2.05) is 30.5 Å². The van der Waals surface area contributed by atoms with Gasteiger partial charge in [0.2, 0.25) is 0 Å². The summed E-state index contributed by atoms with van der Waals surface area (Å²) in [4.78, 5) is 15.7. The summed E-state index contributed by atoms with van der Waals surface area (Å²) in [6.07, 6.45) is 3.63. The lowest BCUT2D eigenvalue weighted by molar-refractivity contribution is -0.110. The van der Waals surface area contributed by atoms with Gasteiger partial charge in [-0.1, -0.05) is 0 Å². The Morgan fingerprint density at radius 3 is 3.06 bits per heavy atom. The number of aliphatic hydroxyl groups excluding tert-OH is 1. The van der Waals surface area contributed by atoms with Gasteiger partial charge in [-0.3, -0.25) is 4.79 Å². The molecule has 0 fully saturated rings. The third-order valence-corrected chi connectivity index (χ3v) is 3.66. The molecule has 2 aromatic heterocycles. The number of thiophene rings is 1. The summed E-state index contributed by atoms with van der Waals surface area (Å²) in [6.45, 7) is 0.00329. The van der Waals surface area contributed by atoms with Gasteiger partial charge in [-0.05, 0) is 24.3 Å². The fourth-order valence-electron chi connectivity index (χ4n) is 1.84. The molecule has 5 heteroatoms. The maximum Gasteiger partial charge on any atom is 0.257 e. The lowest BCUT2D eigenvalue weighted by Gasteiger charge is -1.95. The number of aromatic amines is 1. The molecular weight excluding hydrogens is 236 g/mol. The van der Waals surface area contributed by atoms with Crippen molar-refractivity contribution in [3.05, 3.63) is 40.5 Å². The van der Waals surface area contributed by atoms with E-state index >= 15 is 0 Å². The molecular formula is C12H10N2O2S. The summed E-state index contributed by atoms with van der Waals surface area (Å²) in [6, 6.07) is 5.64. The first-order valence-corrected chi connectivity index (χ1v) is 6.00. The first-order valence-electron chi connectivity index (χ1n) is 5.18. The van der Waals surface area contributed by atoms with Crippen LogP contribution in [0.25, 0.3) is 11.6 Å². The molecule has 1 aliphatic heterocycles. The van der Waals surface area contributed by atoms with Gasteiger partial charge in [0.25, 0.3) is 5.91 Å². The minimum atomic E-state index is -0.0923. The molecule has 0 saturated carbocycles. The minimum Gasteiger partial charge on any atom is -0.391 e. The smallest absolute Gasteiger partial charge is 0.257 e. The van der Waals surface area contributed by atoms with E-state index < -0.39 is 0 Å². The average molecular weight is 246 g/mol. The van der Waals surface area contributed by atoms with Gasteiger partial charge >= 0.3 is 0 Å². The molecule has 0 aromatic carbocycles. The van der Waals surface area contributed by atoms with E-state index in [1.165, 1.54) is 11.3 Å². The number of H-pyrrole nitrogens is 1. The van der Waals surface area contributed by atoms with E-state index in [0.717, 1.165) is 21.1 Å². The van der Waals surface area contributed by atoms with Crippen LogP contribution < -0.4 is 5.32 Å². The fraction of sp³-hybridized carbons (Fsp3) is 0.0833. The van der Waals surface area contributed by atoms with Gasteiger partial charge < -0.3 is 15.4 Å². The average Bonchev–Trinajstić information content (AvgIpc) is 2.98. The Morgan fingerprint density at radius 1 is 1.47 bits per heavy atom. The van der Waals surface area contributed by atoms with Crippen molar-refractivity contribution in [2.24, 2.45) is 0 Å². The normalized spacial score (nSPS) is 16.3. The lowest BCUT2D eigenvalue weighted by Crippen LogP contribution is -2.03. The van der Waals surface area contributed by atoms with Crippen LogP contribution in [0.3, 0.4) is 0 Å². The van der Waals surface area contributed by atoms with Crippen molar-refractivity contribution < 1.29 is 9.90 Å². The van der Waals surface area contributed by atoms with Crippen molar-refractivity contribution in [2.45, 2.75) is 6.61 Å². The van der Waals surface area contributed by atoms with Crippen LogP contribution in [0.4, 0.5) is 5.00 Å². The standard InChI is InChI=1S/C12H10N2O2S/c15-6-8-5-10-9(4-7-2-1-3-13-7)11(16)14-12(10)17-8/h1-5,13,15H,6H2,(H,14,16). The third kappa shape index (κ3) is 1.69. The number of carbonyl (C=O) groups is 1. The summed E-state index contributed by atoms with van der Waals surface area (Å²) in [5, 5.41) is 12.7. The maximum absolute atomic E-state index is 11.8. The number of hydrogen-bond donors (Lipinski definition) is 3. The first kappa shape index (κ1) is 10.3. The van der Waals surface area contributed by atoms with Gasteiger partial charge in [-0.2, -0.15) is 0 Å². The molecule has 1 amide bonds. The third-order valence-electron chi connectivity index (χ3n) is 2.62. The van der Waals surface area contributed by atoms with E-state index in [4.69, 9.17) is 5.11 Å². The Labute approximate surface area is 102 Å². The summed E-state index contributed by atoms with van der Waals surface area (Å²) >= 11 is 1.41. The predicted octanol–water partition coefficient (Wildman–Crippen LogP) is 2.06. The topological polar surface area (TPSA) is 65.1 Å². The highest BCUT2D eigenvalue weighted by Crippen LogP contribution is 2.39. The van der Waals surface area contributed by atoms with Gasteiger partial charge in [0, 0.05) is 22.3 Å². The zero-order valence-corrected chi connectivity index (χ0v) is 9.67. The summed E-state index contributed by atoms with van der Waals surface area (Å²) < 4.78 is 0. The molecule has 17 heavy (non-hydrogen) atoms. The Bertz CT molecular complexity index is 596. The van der Waals surface area contributed by atoms with Gasteiger partial charge in [-0.15, -0.1) is 11.3 Å². The molecule has 0 saturated heterocycles. The number of rotatable bonds is 2. The van der Waals surface area contributed by atoms with Crippen LogP contribution in [0.1, 0.15) is 16.1 Å². The number of anilines is 1. The van der Waals surface area contributed by atoms with Gasteiger partial charge in [0.1, 0.15) is 5.00 Å². The Balaban J connectivity index is 2.06. The van der Waals surface area contributed by atoms with Crippen molar-refractivity contribution in [1.29, 1.82) is 0 Å². The Morgan fingerprint density at radius 2 is 2.35 bits per heavy atom. The minimum absolute atomic E-state index is 0.00329. The molecule has 0 aliphatic carbocycles. The first-order chi connectivity index (χ1) is 8.28. The predicted molar refractivity (Wildman–Crippen MR) is 67.5 cm³/mol. The maximum atomic E-state index is 11.8. The van der Waals surface area contributed by atoms with Crippen LogP contribution in [-0.4, -0.2) is 16.0 Å². The van der Waals surface area contributed by atoms with Gasteiger partial charge in [0.15, 0.2) is 0 Å². The summed E-state index contributed by atoms with van der Waals surface area (Å²) in [7, 11) is 0. The second kappa shape index (κ2) is 3.87. The second-order valence-electron chi connectivity index (χ2n) is 3.75. The molecule has 4 nitrogen and oxygen atoms in total. The van der Waals surface area contributed by atoms with E-state index in [9.17, 15) is 4.79 Å². The monoisotopic (exact) mass is 246 g/mol. The van der Waals surface area contributed by atoms with E-state index in [-0.39, 0.29) is 12.5 Å². The number of amides is 1. The lowest BCUT2D eigenvalue weighted by atomic mass is 10.1. The largest absolute Gasteiger partial charge is 0.391 e. The molecule has 0 spiro atoms. The van der Waals surface area contributed by atoms with Crippen molar-refractivity contribution in [3.8, 4) is 0 Å². The van der Waals surface area contributed by atoms with Crippen molar-refractivity contribution in [3.63, 3.8) is 0 Å². The fourth-order valence-corrected chi connectivity index (χ4v) is 2.76.